The average Bonchev–Trinajstić information content (AvgIpc) is 2.79. The minimum Gasteiger partial charge on any atom is -0.490 e. The van der Waals surface area contributed by atoms with E-state index in [0.29, 0.717) is 36.1 Å². The first-order chi connectivity index (χ1) is 11.2. The molecule has 1 N–H and O–H groups in total. The molecule has 0 unspecified atom stereocenters. The SMILES string of the molecule is O=C(COc1ccc(F)cc1)Nc1ccc2c(c1)OCCCO2. The number of carbonyl (C=O) groups is 1. The summed E-state index contributed by atoms with van der Waals surface area (Å²) in [6.07, 6.45) is 0.821. The molecular weight excluding hydrogens is 301 g/mol. The Bertz CT molecular complexity index is 687. The van der Waals surface area contributed by atoms with E-state index >= 15 is 0 Å². The number of ether oxygens (including phenoxy) is 3. The highest BCUT2D eigenvalue weighted by Gasteiger charge is 2.12. The van der Waals surface area contributed by atoms with Gasteiger partial charge in [-0.3, -0.25) is 4.79 Å². The number of rotatable bonds is 4. The molecule has 0 bridgehead atoms. The van der Waals surface area contributed by atoms with Gasteiger partial charge in [0.15, 0.2) is 18.1 Å². The maximum atomic E-state index is 12.8. The molecule has 1 heterocycles. The zero-order chi connectivity index (χ0) is 16.1. The lowest BCUT2D eigenvalue weighted by molar-refractivity contribution is -0.118. The van der Waals surface area contributed by atoms with Crippen LogP contribution in [-0.2, 0) is 4.79 Å². The van der Waals surface area contributed by atoms with E-state index in [1.54, 1.807) is 18.2 Å². The molecule has 0 aliphatic carbocycles. The number of halogens is 1. The van der Waals surface area contributed by atoms with Crippen LogP contribution in [0.3, 0.4) is 0 Å². The minimum atomic E-state index is -0.353. The lowest BCUT2D eigenvalue weighted by Crippen LogP contribution is -2.20. The smallest absolute Gasteiger partial charge is 0.262 e. The minimum absolute atomic E-state index is 0.167. The van der Waals surface area contributed by atoms with Crippen LogP contribution in [0.5, 0.6) is 17.2 Å². The summed E-state index contributed by atoms with van der Waals surface area (Å²) in [5, 5.41) is 2.72. The molecule has 0 radical (unpaired) electrons. The lowest BCUT2D eigenvalue weighted by Gasteiger charge is -2.11. The van der Waals surface area contributed by atoms with Crippen molar-refractivity contribution < 1.29 is 23.4 Å². The fraction of sp³-hybridized carbons (Fsp3) is 0.235. The number of benzene rings is 2. The Labute approximate surface area is 133 Å². The predicted molar refractivity (Wildman–Crippen MR) is 82.6 cm³/mol. The normalized spacial score (nSPS) is 13.1. The van der Waals surface area contributed by atoms with Crippen LogP contribution in [0.15, 0.2) is 42.5 Å². The number of fused-ring (bicyclic) bond motifs is 1. The number of amides is 1. The van der Waals surface area contributed by atoms with Gasteiger partial charge < -0.3 is 19.5 Å². The Balaban J connectivity index is 1.57. The monoisotopic (exact) mass is 317 g/mol. The summed E-state index contributed by atoms with van der Waals surface area (Å²) in [4.78, 5) is 11.9. The fourth-order valence-corrected chi connectivity index (χ4v) is 2.12. The van der Waals surface area contributed by atoms with Gasteiger partial charge in [0.2, 0.25) is 0 Å². The Hall–Kier alpha value is -2.76. The Morgan fingerprint density at radius 3 is 2.61 bits per heavy atom. The van der Waals surface area contributed by atoms with Gasteiger partial charge in [0, 0.05) is 18.2 Å². The maximum Gasteiger partial charge on any atom is 0.262 e. The van der Waals surface area contributed by atoms with Crippen LogP contribution >= 0.6 is 0 Å². The van der Waals surface area contributed by atoms with Gasteiger partial charge in [-0.25, -0.2) is 4.39 Å². The molecule has 1 amide bonds. The predicted octanol–water partition coefficient (Wildman–Crippen LogP) is 3.00. The van der Waals surface area contributed by atoms with Crippen LogP contribution in [0.4, 0.5) is 10.1 Å². The number of nitrogens with one attached hydrogen (secondary N) is 1. The van der Waals surface area contributed by atoms with Crippen molar-refractivity contribution in [2.24, 2.45) is 0 Å². The second-order valence-electron chi connectivity index (χ2n) is 5.00. The van der Waals surface area contributed by atoms with Crippen molar-refractivity contribution in [2.45, 2.75) is 6.42 Å². The van der Waals surface area contributed by atoms with Crippen LogP contribution in [-0.4, -0.2) is 25.7 Å². The summed E-state index contributed by atoms with van der Waals surface area (Å²) >= 11 is 0. The van der Waals surface area contributed by atoms with E-state index in [1.807, 2.05) is 0 Å². The van der Waals surface area contributed by atoms with Crippen LogP contribution in [0.1, 0.15) is 6.42 Å². The van der Waals surface area contributed by atoms with Crippen LogP contribution < -0.4 is 19.5 Å². The van der Waals surface area contributed by atoms with Crippen LogP contribution in [0.25, 0.3) is 0 Å². The standard InChI is InChI=1S/C17H16FNO4/c18-12-2-5-14(6-3-12)23-11-17(20)19-13-4-7-15-16(10-13)22-9-1-8-21-15/h2-7,10H,1,8-9,11H2,(H,19,20). The first kappa shape index (κ1) is 15.1. The molecule has 0 saturated heterocycles. The van der Waals surface area contributed by atoms with Gasteiger partial charge in [-0.2, -0.15) is 0 Å². The first-order valence-corrected chi connectivity index (χ1v) is 7.28. The fourth-order valence-electron chi connectivity index (χ4n) is 2.12. The third kappa shape index (κ3) is 4.12. The number of anilines is 1. The summed E-state index contributed by atoms with van der Waals surface area (Å²) < 4.78 is 29.2. The Morgan fingerprint density at radius 1 is 1.09 bits per heavy atom. The van der Waals surface area contributed by atoms with E-state index in [4.69, 9.17) is 14.2 Å². The van der Waals surface area contributed by atoms with E-state index in [9.17, 15) is 9.18 Å². The van der Waals surface area contributed by atoms with Crippen molar-refractivity contribution >= 4 is 11.6 Å². The number of hydrogen-bond donors (Lipinski definition) is 1. The van der Waals surface area contributed by atoms with Gasteiger partial charge >= 0.3 is 0 Å². The van der Waals surface area contributed by atoms with E-state index in [-0.39, 0.29) is 18.3 Å². The zero-order valence-electron chi connectivity index (χ0n) is 12.4. The summed E-state index contributed by atoms with van der Waals surface area (Å²) in [6, 6.07) is 10.7. The summed E-state index contributed by atoms with van der Waals surface area (Å²) in [6.45, 7) is 1.03. The number of carbonyl (C=O) groups excluding carboxylic acids is 1. The third-order valence-electron chi connectivity index (χ3n) is 3.21. The van der Waals surface area contributed by atoms with Gasteiger partial charge in [-0.05, 0) is 36.4 Å². The van der Waals surface area contributed by atoms with Gasteiger partial charge in [-0.15, -0.1) is 0 Å². The van der Waals surface area contributed by atoms with Gasteiger partial charge in [0.1, 0.15) is 11.6 Å². The van der Waals surface area contributed by atoms with Crippen LogP contribution in [0, 0.1) is 5.82 Å². The first-order valence-electron chi connectivity index (χ1n) is 7.28. The second-order valence-corrected chi connectivity index (χ2v) is 5.00. The maximum absolute atomic E-state index is 12.8. The Morgan fingerprint density at radius 2 is 1.83 bits per heavy atom. The molecular formula is C17H16FNO4. The van der Waals surface area contributed by atoms with Crippen molar-refractivity contribution in [3.05, 3.63) is 48.3 Å². The lowest BCUT2D eigenvalue weighted by atomic mass is 10.2. The third-order valence-corrected chi connectivity index (χ3v) is 3.21. The zero-order valence-corrected chi connectivity index (χ0v) is 12.4. The molecule has 23 heavy (non-hydrogen) atoms. The van der Waals surface area contributed by atoms with E-state index in [2.05, 4.69) is 5.32 Å². The highest BCUT2D eigenvalue weighted by Crippen LogP contribution is 2.32. The average molecular weight is 317 g/mol. The molecule has 0 fully saturated rings. The molecule has 0 aromatic heterocycles. The van der Waals surface area contributed by atoms with Gasteiger partial charge in [-0.1, -0.05) is 0 Å². The van der Waals surface area contributed by atoms with Crippen LogP contribution in [0.2, 0.25) is 0 Å². The molecule has 5 nitrogen and oxygen atoms in total. The van der Waals surface area contributed by atoms with E-state index in [1.165, 1.54) is 24.3 Å². The van der Waals surface area contributed by atoms with Crippen molar-refractivity contribution in [1.82, 2.24) is 0 Å². The molecule has 0 saturated carbocycles. The van der Waals surface area contributed by atoms with Crippen molar-refractivity contribution in [1.29, 1.82) is 0 Å². The largest absolute Gasteiger partial charge is 0.490 e. The number of hydrogen-bond acceptors (Lipinski definition) is 4. The molecule has 120 valence electrons. The molecule has 6 heteroatoms. The van der Waals surface area contributed by atoms with Crippen molar-refractivity contribution in [2.75, 3.05) is 25.1 Å². The topological polar surface area (TPSA) is 56.8 Å². The summed E-state index contributed by atoms with van der Waals surface area (Å²) in [5.41, 5.74) is 0.599. The quantitative estimate of drug-likeness (QED) is 0.942. The molecule has 1 aliphatic heterocycles. The van der Waals surface area contributed by atoms with E-state index in [0.717, 1.165) is 6.42 Å². The Kier molecular flexibility index (Phi) is 4.61. The molecule has 1 aliphatic rings. The highest BCUT2D eigenvalue weighted by molar-refractivity contribution is 5.92. The molecule has 0 atom stereocenters. The molecule has 3 rings (SSSR count). The van der Waals surface area contributed by atoms with E-state index < -0.39 is 0 Å². The highest BCUT2D eigenvalue weighted by atomic mass is 19.1. The molecule has 2 aromatic carbocycles. The summed E-state index contributed by atoms with van der Waals surface area (Å²) in [5.74, 6) is 1.04. The second kappa shape index (κ2) is 7.00. The molecule has 2 aromatic rings. The van der Waals surface area contributed by atoms with Crippen molar-refractivity contribution in [3.8, 4) is 17.2 Å². The van der Waals surface area contributed by atoms with Gasteiger partial charge in [0.25, 0.3) is 5.91 Å². The molecule has 0 spiro atoms. The van der Waals surface area contributed by atoms with Crippen molar-refractivity contribution in [3.63, 3.8) is 0 Å². The van der Waals surface area contributed by atoms with Gasteiger partial charge in [0.05, 0.1) is 13.2 Å². The summed E-state index contributed by atoms with van der Waals surface area (Å²) in [7, 11) is 0.